The van der Waals surface area contributed by atoms with Gasteiger partial charge in [0.15, 0.2) is 0 Å². The molecule has 4 rings (SSSR count). The van der Waals surface area contributed by atoms with Crippen LogP contribution in [0, 0.1) is 5.82 Å². The number of carbonyl (C=O) groups is 1. The summed E-state index contributed by atoms with van der Waals surface area (Å²) in [5.41, 5.74) is 3.85. The molecule has 0 radical (unpaired) electrons. The summed E-state index contributed by atoms with van der Waals surface area (Å²) in [4.78, 5) is 24.8. The Morgan fingerprint density at radius 1 is 1.18 bits per heavy atom. The molecule has 1 amide bonds. The Balaban J connectivity index is 1.60. The van der Waals surface area contributed by atoms with E-state index in [9.17, 15) is 9.90 Å². The average molecular weight is 528 g/mol. The molecule has 39 heavy (non-hydrogen) atoms. The molecule has 2 aliphatic rings. The zero-order valence-electron chi connectivity index (χ0n) is 22.4. The fourth-order valence-electron chi connectivity index (χ4n) is 4.72. The second-order valence-corrected chi connectivity index (χ2v) is 10.2. The van der Waals surface area contributed by atoms with E-state index in [2.05, 4.69) is 28.5 Å². The Morgan fingerprint density at radius 3 is 2.62 bits per heavy atom. The van der Waals surface area contributed by atoms with Gasteiger partial charge in [-0.15, -0.1) is 0 Å². The predicted octanol–water partition coefficient (Wildman–Crippen LogP) is 5.15. The third-order valence-electron chi connectivity index (χ3n) is 6.42. The molecular formula is C31H34FN5O2. The van der Waals surface area contributed by atoms with Gasteiger partial charge in [-0.1, -0.05) is 36.9 Å². The predicted molar refractivity (Wildman–Crippen MR) is 158 cm³/mol. The van der Waals surface area contributed by atoms with Crippen LogP contribution in [-0.4, -0.2) is 66.7 Å². The van der Waals surface area contributed by atoms with Crippen molar-refractivity contribution in [2.24, 2.45) is 9.98 Å². The highest BCUT2D eigenvalue weighted by Crippen LogP contribution is 2.31. The van der Waals surface area contributed by atoms with Crippen LogP contribution in [0.3, 0.4) is 0 Å². The molecule has 1 aliphatic heterocycles. The number of rotatable bonds is 8. The second-order valence-electron chi connectivity index (χ2n) is 10.2. The highest BCUT2D eigenvalue weighted by molar-refractivity contribution is 6.34. The fourth-order valence-corrected chi connectivity index (χ4v) is 4.72. The zero-order valence-corrected chi connectivity index (χ0v) is 22.4. The number of hydrogen-bond acceptors (Lipinski definition) is 6. The first kappa shape index (κ1) is 27.9. The lowest BCUT2D eigenvalue weighted by Crippen LogP contribution is -2.50. The number of halogens is 1. The molecule has 2 aromatic rings. The quantitative estimate of drug-likeness (QED) is 0.367. The first-order chi connectivity index (χ1) is 18.7. The molecule has 7 nitrogen and oxygen atoms in total. The van der Waals surface area contributed by atoms with Gasteiger partial charge in [0.2, 0.25) is 5.91 Å². The zero-order chi connectivity index (χ0) is 28.0. The van der Waals surface area contributed by atoms with Crippen LogP contribution in [0.15, 0.2) is 95.1 Å². The van der Waals surface area contributed by atoms with Crippen LogP contribution in [0.4, 0.5) is 21.5 Å². The van der Waals surface area contributed by atoms with E-state index in [0.29, 0.717) is 42.4 Å². The first-order valence-corrected chi connectivity index (χ1v) is 12.8. The number of β-amino-alcohol motifs (C(OH)–C–C–N with tert-alkyl or cyclic N) is 1. The van der Waals surface area contributed by atoms with E-state index >= 15 is 4.39 Å². The van der Waals surface area contributed by atoms with Crippen molar-refractivity contribution in [1.29, 1.82) is 0 Å². The second kappa shape index (κ2) is 12.1. The van der Waals surface area contributed by atoms with E-state index in [1.54, 1.807) is 32.2 Å². The lowest BCUT2D eigenvalue weighted by Gasteiger charge is -2.38. The molecule has 2 aromatic carbocycles. The van der Waals surface area contributed by atoms with E-state index in [0.717, 1.165) is 29.8 Å². The molecule has 0 atom stereocenters. The first-order valence-electron chi connectivity index (χ1n) is 12.8. The van der Waals surface area contributed by atoms with Crippen molar-refractivity contribution in [3.05, 3.63) is 96.5 Å². The molecule has 0 saturated carbocycles. The van der Waals surface area contributed by atoms with Crippen LogP contribution in [0.1, 0.15) is 19.4 Å². The minimum Gasteiger partial charge on any atom is -0.389 e. The van der Waals surface area contributed by atoms with Crippen molar-refractivity contribution in [1.82, 2.24) is 4.90 Å². The Labute approximate surface area is 229 Å². The number of piperazine rings is 1. The number of hydrogen-bond donors (Lipinski definition) is 2. The number of aliphatic hydroxyl groups is 1. The van der Waals surface area contributed by atoms with Gasteiger partial charge in [-0.2, -0.15) is 0 Å². The van der Waals surface area contributed by atoms with Gasteiger partial charge in [0, 0.05) is 61.8 Å². The molecule has 0 spiro atoms. The summed E-state index contributed by atoms with van der Waals surface area (Å²) in [5, 5.41) is 12.9. The molecule has 0 bridgehead atoms. The summed E-state index contributed by atoms with van der Waals surface area (Å²) in [7, 11) is 0. The van der Waals surface area contributed by atoms with Crippen molar-refractivity contribution >= 4 is 41.0 Å². The smallest absolute Gasteiger partial charge is 0.247 e. The normalized spacial score (nSPS) is 18.3. The summed E-state index contributed by atoms with van der Waals surface area (Å²) >= 11 is 0. The van der Waals surface area contributed by atoms with Crippen molar-refractivity contribution in [2.45, 2.75) is 19.4 Å². The summed E-state index contributed by atoms with van der Waals surface area (Å²) in [5.74, 6) is -0.643. The van der Waals surface area contributed by atoms with Crippen LogP contribution in [0.5, 0.6) is 0 Å². The number of benzene rings is 2. The van der Waals surface area contributed by atoms with Crippen LogP contribution in [-0.2, 0) is 4.79 Å². The van der Waals surface area contributed by atoms with Gasteiger partial charge in [0.1, 0.15) is 5.82 Å². The van der Waals surface area contributed by atoms with Crippen molar-refractivity contribution in [3.63, 3.8) is 0 Å². The van der Waals surface area contributed by atoms with Crippen molar-refractivity contribution in [2.75, 3.05) is 42.9 Å². The summed E-state index contributed by atoms with van der Waals surface area (Å²) in [6.07, 6.45) is 8.52. The van der Waals surface area contributed by atoms with Crippen LogP contribution < -0.4 is 10.2 Å². The third kappa shape index (κ3) is 7.25. The Morgan fingerprint density at radius 2 is 1.95 bits per heavy atom. The highest BCUT2D eigenvalue weighted by atomic mass is 19.1. The Bertz CT molecular complexity index is 1380. The molecule has 0 aromatic heterocycles. The maximum Gasteiger partial charge on any atom is 0.247 e. The molecule has 1 saturated heterocycles. The monoisotopic (exact) mass is 527 g/mol. The number of allylic oxidation sites excluding steroid dienone is 5. The van der Waals surface area contributed by atoms with E-state index in [-0.39, 0.29) is 11.7 Å². The minimum atomic E-state index is -0.759. The molecule has 1 fully saturated rings. The molecule has 2 N–H and O–H groups in total. The van der Waals surface area contributed by atoms with Gasteiger partial charge >= 0.3 is 0 Å². The number of anilines is 2. The van der Waals surface area contributed by atoms with Gasteiger partial charge < -0.3 is 15.3 Å². The van der Waals surface area contributed by atoms with E-state index in [1.807, 2.05) is 47.4 Å². The van der Waals surface area contributed by atoms with Gasteiger partial charge in [-0.25, -0.2) is 9.38 Å². The van der Waals surface area contributed by atoms with Gasteiger partial charge in [0.05, 0.1) is 22.7 Å². The van der Waals surface area contributed by atoms with Gasteiger partial charge in [-0.05, 0) is 56.5 Å². The number of nitrogens with zero attached hydrogens (tertiary/aromatic N) is 4. The van der Waals surface area contributed by atoms with E-state index in [1.165, 1.54) is 12.1 Å². The largest absolute Gasteiger partial charge is 0.389 e. The number of aliphatic imine (C=N–C) groups is 2. The van der Waals surface area contributed by atoms with Crippen LogP contribution in [0.2, 0.25) is 0 Å². The van der Waals surface area contributed by atoms with Crippen LogP contribution >= 0.6 is 0 Å². The SMILES string of the molecule is C=CC(=O)Nc1cccc(C2=CC=C/C(=C/N=C)C2=Nc2ccc(N3CCN(CC(C)(C)O)CC3)c(F)c2)c1. The van der Waals surface area contributed by atoms with E-state index < -0.39 is 5.60 Å². The summed E-state index contributed by atoms with van der Waals surface area (Å²) < 4.78 is 15.3. The lowest BCUT2D eigenvalue weighted by atomic mass is 9.91. The fraction of sp³-hybridized carbons (Fsp3) is 0.258. The van der Waals surface area contributed by atoms with Gasteiger partial charge in [0.25, 0.3) is 0 Å². The topological polar surface area (TPSA) is 80.5 Å². The van der Waals surface area contributed by atoms with Crippen molar-refractivity contribution in [3.8, 4) is 0 Å². The molecule has 202 valence electrons. The Kier molecular flexibility index (Phi) is 8.69. The third-order valence-corrected chi connectivity index (χ3v) is 6.42. The summed E-state index contributed by atoms with van der Waals surface area (Å²) in [6.45, 7) is 14.1. The Hall–Kier alpha value is -4.14. The van der Waals surface area contributed by atoms with Crippen LogP contribution in [0.25, 0.3) is 5.57 Å². The molecule has 0 unspecified atom stereocenters. The molecule has 8 heteroatoms. The maximum atomic E-state index is 15.3. The summed E-state index contributed by atoms with van der Waals surface area (Å²) in [6, 6.07) is 12.4. The molecule has 1 heterocycles. The van der Waals surface area contributed by atoms with Gasteiger partial charge in [-0.3, -0.25) is 14.7 Å². The standard InChI is InChI=1S/C31H34FN5O2/c1-5-29(38)34-24-10-6-8-22(18-24)26-11-7-9-23(20-33-4)30(26)35-25-12-13-28(27(32)19-25)37-16-14-36(15-17-37)21-31(2,3)39/h5-13,18-20,39H,1,4,14-17,21H2,2-3H3,(H,34,38)/b23-20-,35-30?. The number of nitrogens with one attached hydrogen (secondary N) is 1. The molecular weight excluding hydrogens is 493 g/mol. The molecule has 1 aliphatic carbocycles. The number of amides is 1. The minimum absolute atomic E-state index is 0.302. The average Bonchev–Trinajstić information content (AvgIpc) is 2.90. The van der Waals surface area contributed by atoms with Crippen molar-refractivity contribution < 1.29 is 14.3 Å². The van der Waals surface area contributed by atoms with E-state index in [4.69, 9.17) is 4.99 Å². The highest BCUT2D eigenvalue weighted by Gasteiger charge is 2.24. The lowest BCUT2D eigenvalue weighted by molar-refractivity contribution is -0.111. The maximum absolute atomic E-state index is 15.3. The number of carbonyl (C=O) groups excluding carboxylic acids is 1.